The summed E-state index contributed by atoms with van der Waals surface area (Å²) >= 11 is 1.65. The lowest BCUT2D eigenvalue weighted by molar-refractivity contribution is 1.10. The number of hydrogen-bond donors (Lipinski definition) is 2. The van der Waals surface area contributed by atoms with Crippen LogP contribution >= 0.6 is 11.3 Å². The number of hydrogen-bond acceptors (Lipinski definition) is 5. The highest BCUT2D eigenvalue weighted by Crippen LogP contribution is 2.13. The van der Waals surface area contributed by atoms with Gasteiger partial charge in [0.25, 0.3) is 0 Å². The van der Waals surface area contributed by atoms with Crippen molar-refractivity contribution in [3.05, 3.63) is 34.9 Å². The maximum atomic E-state index is 4.21. The molecule has 2 aromatic rings. The van der Waals surface area contributed by atoms with Crippen LogP contribution in [0.15, 0.2) is 29.9 Å². The SMILES string of the molecule is CCNc1cc(NCc2nccs2)ccn1. The summed E-state index contributed by atoms with van der Waals surface area (Å²) in [6.45, 7) is 3.69. The van der Waals surface area contributed by atoms with Crippen LogP contribution in [0.1, 0.15) is 11.9 Å². The predicted molar refractivity (Wildman–Crippen MR) is 67.8 cm³/mol. The van der Waals surface area contributed by atoms with Gasteiger partial charge in [0.2, 0.25) is 0 Å². The molecule has 0 aliphatic carbocycles. The summed E-state index contributed by atoms with van der Waals surface area (Å²) in [6.07, 6.45) is 3.61. The second-order valence-electron chi connectivity index (χ2n) is 3.24. The van der Waals surface area contributed by atoms with Gasteiger partial charge in [-0.05, 0) is 13.0 Å². The Labute approximate surface area is 98.8 Å². The summed E-state index contributed by atoms with van der Waals surface area (Å²) in [5, 5.41) is 9.56. The highest BCUT2D eigenvalue weighted by Gasteiger charge is 1.97. The summed E-state index contributed by atoms with van der Waals surface area (Å²) in [5.74, 6) is 0.895. The Morgan fingerprint density at radius 1 is 1.25 bits per heavy atom. The van der Waals surface area contributed by atoms with Crippen molar-refractivity contribution in [2.24, 2.45) is 0 Å². The molecule has 2 rings (SSSR count). The zero-order valence-electron chi connectivity index (χ0n) is 9.10. The molecule has 0 bridgehead atoms. The van der Waals surface area contributed by atoms with Crippen LogP contribution in [0.25, 0.3) is 0 Å². The molecule has 84 valence electrons. The van der Waals surface area contributed by atoms with E-state index in [4.69, 9.17) is 0 Å². The first-order valence-electron chi connectivity index (χ1n) is 5.20. The number of nitrogens with one attached hydrogen (secondary N) is 2. The molecule has 0 unspecified atom stereocenters. The van der Waals surface area contributed by atoms with Crippen molar-refractivity contribution in [3.8, 4) is 0 Å². The third-order valence-corrected chi connectivity index (χ3v) is 2.82. The molecule has 0 saturated carbocycles. The summed E-state index contributed by atoms with van der Waals surface area (Å²) < 4.78 is 0. The van der Waals surface area contributed by atoms with Gasteiger partial charge in [-0.15, -0.1) is 11.3 Å². The Kier molecular flexibility index (Phi) is 3.71. The van der Waals surface area contributed by atoms with Crippen LogP contribution in [0.4, 0.5) is 11.5 Å². The van der Waals surface area contributed by atoms with Gasteiger partial charge in [-0.2, -0.15) is 0 Å². The number of nitrogens with zero attached hydrogens (tertiary/aromatic N) is 2. The van der Waals surface area contributed by atoms with Crippen molar-refractivity contribution in [2.45, 2.75) is 13.5 Å². The summed E-state index contributed by atoms with van der Waals surface area (Å²) in [6, 6.07) is 3.95. The van der Waals surface area contributed by atoms with Gasteiger partial charge in [0, 0.05) is 36.1 Å². The smallest absolute Gasteiger partial charge is 0.127 e. The summed E-state index contributed by atoms with van der Waals surface area (Å²) in [4.78, 5) is 8.42. The molecule has 0 aromatic carbocycles. The minimum absolute atomic E-state index is 0.757. The van der Waals surface area contributed by atoms with Crippen LogP contribution in [0.3, 0.4) is 0 Å². The zero-order chi connectivity index (χ0) is 11.2. The molecular formula is C11H14N4S. The van der Waals surface area contributed by atoms with Crippen LogP contribution in [0, 0.1) is 0 Å². The fourth-order valence-electron chi connectivity index (χ4n) is 1.34. The molecule has 0 atom stereocenters. The maximum Gasteiger partial charge on any atom is 0.127 e. The molecule has 16 heavy (non-hydrogen) atoms. The molecular weight excluding hydrogens is 220 g/mol. The lowest BCUT2D eigenvalue weighted by atomic mass is 10.4. The van der Waals surface area contributed by atoms with Crippen LogP contribution in [0.2, 0.25) is 0 Å². The second kappa shape index (κ2) is 5.46. The lowest BCUT2D eigenvalue weighted by Crippen LogP contribution is -2.02. The van der Waals surface area contributed by atoms with Gasteiger partial charge in [-0.1, -0.05) is 0 Å². The van der Waals surface area contributed by atoms with E-state index in [0.717, 1.165) is 29.6 Å². The molecule has 0 aliphatic rings. The van der Waals surface area contributed by atoms with Gasteiger partial charge < -0.3 is 10.6 Å². The van der Waals surface area contributed by atoms with E-state index in [1.165, 1.54) is 0 Å². The zero-order valence-corrected chi connectivity index (χ0v) is 9.92. The van der Waals surface area contributed by atoms with Crippen LogP contribution in [-0.4, -0.2) is 16.5 Å². The first-order valence-corrected chi connectivity index (χ1v) is 6.08. The second-order valence-corrected chi connectivity index (χ2v) is 4.22. The summed E-state index contributed by atoms with van der Waals surface area (Å²) in [7, 11) is 0. The fourth-order valence-corrected chi connectivity index (χ4v) is 1.89. The first kappa shape index (κ1) is 10.9. The van der Waals surface area contributed by atoms with Gasteiger partial charge in [-0.3, -0.25) is 0 Å². The van der Waals surface area contributed by atoms with Gasteiger partial charge in [0.1, 0.15) is 10.8 Å². The van der Waals surface area contributed by atoms with E-state index in [9.17, 15) is 0 Å². The Bertz CT molecular complexity index is 427. The molecule has 0 amide bonds. The van der Waals surface area contributed by atoms with Crippen LogP contribution < -0.4 is 10.6 Å². The minimum atomic E-state index is 0.757. The molecule has 0 fully saturated rings. The van der Waals surface area contributed by atoms with Gasteiger partial charge in [0.15, 0.2) is 0 Å². The number of thiazole rings is 1. The number of rotatable bonds is 5. The molecule has 4 nitrogen and oxygen atoms in total. The molecule has 0 saturated heterocycles. The highest BCUT2D eigenvalue weighted by atomic mass is 32.1. The van der Waals surface area contributed by atoms with Crippen LogP contribution in [-0.2, 0) is 6.54 Å². The number of anilines is 2. The van der Waals surface area contributed by atoms with E-state index in [1.807, 2.05) is 23.7 Å². The first-order chi connectivity index (χ1) is 7.88. The number of pyridine rings is 1. The fraction of sp³-hybridized carbons (Fsp3) is 0.273. The van der Waals surface area contributed by atoms with Gasteiger partial charge in [0.05, 0.1) is 6.54 Å². The van der Waals surface area contributed by atoms with Crippen molar-refractivity contribution in [1.29, 1.82) is 0 Å². The van der Waals surface area contributed by atoms with E-state index in [1.54, 1.807) is 17.5 Å². The van der Waals surface area contributed by atoms with Crippen LogP contribution in [0.5, 0.6) is 0 Å². The third-order valence-electron chi connectivity index (χ3n) is 2.05. The standard InChI is InChI=1S/C11H14N4S/c1-2-12-10-7-9(3-4-13-10)15-8-11-14-5-6-16-11/h3-7H,2,8H2,1H3,(H2,12,13,15). The molecule has 2 aromatic heterocycles. The number of aromatic nitrogens is 2. The molecule has 2 N–H and O–H groups in total. The Morgan fingerprint density at radius 2 is 2.19 bits per heavy atom. The van der Waals surface area contributed by atoms with Gasteiger partial charge in [-0.25, -0.2) is 9.97 Å². The van der Waals surface area contributed by atoms with Crippen molar-refractivity contribution in [2.75, 3.05) is 17.2 Å². The van der Waals surface area contributed by atoms with Crippen molar-refractivity contribution >= 4 is 22.8 Å². The van der Waals surface area contributed by atoms with Crippen molar-refractivity contribution < 1.29 is 0 Å². The molecule has 0 aliphatic heterocycles. The van der Waals surface area contributed by atoms with Crippen molar-refractivity contribution in [3.63, 3.8) is 0 Å². The van der Waals surface area contributed by atoms with Gasteiger partial charge >= 0.3 is 0 Å². The Balaban J connectivity index is 1.96. The Morgan fingerprint density at radius 3 is 2.94 bits per heavy atom. The Hall–Kier alpha value is -1.62. The van der Waals surface area contributed by atoms with E-state index >= 15 is 0 Å². The molecule has 0 radical (unpaired) electrons. The topological polar surface area (TPSA) is 49.8 Å². The highest BCUT2D eigenvalue weighted by molar-refractivity contribution is 7.09. The molecule has 5 heteroatoms. The third kappa shape index (κ3) is 2.93. The normalized spacial score (nSPS) is 10.1. The largest absolute Gasteiger partial charge is 0.378 e. The predicted octanol–water partition coefficient (Wildman–Crippen LogP) is 2.58. The van der Waals surface area contributed by atoms with E-state index in [2.05, 4.69) is 27.5 Å². The van der Waals surface area contributed by atoms with E-state index in [0.29, 0.717) is 0 Å². The van der Waals surface area contributed by atoms with E-state index in [-0.39, 0.29) is 0 Å². The maximum absolute atomic E-state index is 4.21. The van der Waals surface area contributed by atoms with E-state index < -0.39 is 0 Å². The molecule has 0 spiro atoms. The average Bonchev–Trinajstić information content (AvgIpc) is 2.80. The summed E-state index contributed by atoms with van der Waals surface area (Å²) in [5.41, 5.74) is 1.06. The monoisotopic (exact) mass is 234 g/mol. The quantitative estimate of drug-likeness (QED) is 0.835. The molecule has 2 heterocycles. The van der Waals surface area contributed by atoms with Crippen molar-refractivity contribution in [1.82, 2.24) is 9.97 Å². The average molecular weight is 234 g/mol. The minimum Gasteiger partial charge on any atom is -0.378 e. The lowest BCUT2D eigenvalue weighted by Gasteiger charge is -2.06.